The van der Waals surface area contributed by atoms with Gasteiger partial charge in [-0.2, -0.15) is 0 Å². The molecule has 2 amide bonds. The lowest BCUT2D eigenvalue weighted by Crippen LogP contribution is -2.35. The highest BCUT2D eigenvalue weighted by Gasteiger charge is 1.97. The number of carbonyl (C=O) groups excluding carboxylic acids is 1. The Labute approximate surface area is 74.9 Å². The maximum atomic E-state index is 10.9. The number of rotatable bonds is 5. The smallest absolute Gasteiger partial charge is 0.314 e. The second kappa shape index (κ2) is 6.95. The Bertz CT molecular complexity index is 124. The maximum absolute atomic E-state index is 10.9. The molecule has 0 aromatic carbocycles. The van der Waals surface area contributed by atoms with E-state index in [-0.39, 0.29) is 6.03 Å². The molecule has 0 aromatic rings. The van der Waals surface area contributed by atoms with Crippen LogP contribution in [0.3, 0.4) is 0 Å². The highest BCUT2D eigenvalue weighted by atomic mass is 16.2. The van der Waals surface area contributed by atoms with E-state index < -0.39 is 0 Å². The third-order valence-corrected chi connectivity index (χ3v) is 1.58. The Kier molecular flexibility index (Phi) is 6.53. The lowest BCUT2D eigenvalue weighted by Gasteiger charge is -2.06. The van der Waals surface area contributed by atoms with Crippen molar-refractivity contribution < 1.29 is 4.79 Å². The van der Waals surface area contributed by atoms with Gasteiger partial charge in [-0.1, -0.05) is 13.8 Å². The summed E-state index contributed by atoms with van der Waals surface area (Å²) in [6.45, 7) is 7.76. The standard InChI is InChI=1S/C9H20N2O/c1-4-10-9(12)11-7-5-6-8(2)3/h8H,4-7H2,1-3H3,(H2,10,11,12). The summed E-state index contributed by atoms with van der Waals surface area (Å²) in [5, 5.41) is 5.47. The Morgan fingerprint density at radius 1 is 1.33 bits per heavy atom. The molecule has 2 N–H and O–H groups in total. The molecule has 0 radical (unpaired) electrons. The van der Waals surface area contributed by atoms with Crippen LogP contribution in [0.4, 0.5) is 4.79 Å². The summed E-state index contributed by atoms with van der Waals surface area (Å²) in [5.41, 5.74) is 0. The van der Waals surface area contributed by atoms with Crippen LogP contribution in [0.1, 0.15) is 33.6 Å². The molecule has 0 aliphatic carbocycles. The van der Waals surface area contributed by atoms with E-state index >= 15 is 0 Å². The van der Waals surface area contributed by atoms with Crippen molar-refractivity contribution in [1.29, 1.82) is 0 Å². The molecule has 3 nitrogen and oxygen atoms in total. The summed E-state index contributed by atoms with van der Waals surface area (Å²) in [5.74, 6) is 0.723. The van der Waals surface area contributed by atoms with Crippen molar-refractivity contribution in [3.05, 3.63) is 0 Å². The van der Waals surface area contributed by atoms with Crippen molar-refractivity contribution in [2.45, 2.75) is 33.6 Å². The molecule has 3 heteroatoms. The highest BCUT2D eigenvalue weighted by Crippen LogP contribution is 2.01. The highest BCUT2D eigenvalue weighted by molar-refractivity contribution is 5.73. The molecule has 0 aromatic heterocycles. The first-order valence-corrected chi connectivity index (χ1v) is 4.68. The maximum Gasteiger partial charge on any atom is 0.314 e. The molecule has 0 rings (SSSR count). The van der Waals surface area contributed by atoms with Gasteiger partial charge in [-0.05, 0) is 25.7 Å². The fourth-order valence-corrected chi connectivity index (χ4v) is 0.935. The number of carbonyl (C=O) groups is 1. The van der Waals surface area contributed by atoms with E-state index in [0.29, 0.717) is 6.54 Å². The topological polar surface area (TPSA) is 41.1 Å². The van der Waals surface area contributed by atoms with Gasteiger partial charge in [-0.15, -0.1) is 0 Å². The average molecular weight is 172 g/mol. The van der Waals surface area contributed by atoms with Crippen LogP contribution in [0.15, 0.2) is 0 Å². The predicted molar refractivity (Wildman–Crippen MR) is 51.1 cm³/mol. The van der Waals surface area contributed by atoms with Gasteiger partial charge < -0.3 is 10.6 Å². The van der Waals surface area contributed by atoms with E-state index in [1.165, 1.54) is 6.42 Å². The van der Waals surface area contributed by atoms with Gasteiger partial charge in [0.1, 0.15) is 0 Å². The summed E-state index contributed by atoms with van der Waals surface area (Å²) in [4.78, 5) is 10.9. The Morgan fingerprint density at radius 2 is 2.00 bits per heavy atom. The van der Waals surface area contributed by atoms with Crippen molar-refractivity contribution in [2.75, 3.05) is 13.1 Å². The Hall–Kier alpha value is -0.730. The molecular formula is C9H20N2O. The molecule has 0 spiro atoms. The molecule has 0 atom stereocenters. The van der Waals surface area contributed by atoms with Crippen LogP contribution in [0, 0.1) is 5.92 Å². The van der Waals surface area contributed by atoms with Crippen LogP contribution in [-0.4, -0.2) is 19.1 Å². The van der Waals surface area contributed by atoms with Crippen LogP contribution in [0.5, 0.6) is 0 Å². The summed E-state index contributed by atoms with van der Waals surface area (Å²) >= 11 is 0. The largest absolute Gasteiger partial charge is 0.338 e. The molecule has 0 heterocycles. The van der Waals surface area contributed by atoms with E-state index in [4.69, 9.17) is 0 Å². The monoisotopic (exact) mass is 172 g/mol. The minimum absolute atomic E-state index is 0.0544. The normalized spacial score (nSPS) is 10.0. The molecule has 0 aliphatic rings. The Balaban J connectivity index is 3.14. The van der Waals surface area contributed by atoms with Gasteiger partial charge in [0.05, 0.1) is 0 Å². The molecule has 0 unspecified atom stereocenters. The quantitative estimate of drug-likeness (QED) is 0.609. The van der Waals surface area contributed by atoms with E-state index in [0.717, 1.165) is 18.9 Å². The minimum atomic E-state index is -0.0544. The lowest BCUT2D eigenvalue weighted by atomic mass is 10.1. The predicted octanol–water partition coefficient (Wildman–Crippen LogP) is 1.74. The number of hydrogen-bond acceptors (Lipinski definition) is 1. The van der Waals surface area contributed by atoms with Crippen molar-refractivity contribution in [1.82, 2.24) is 10.6 Å². The lowest BCUT2D eigenvalue weighted by molar-refractivity contribution is 0.241. The zero-order valence-electron chi connectivity index (χ0n) is 8.31. The van der Waals surface area contributed by atoms with Crippen LogP contribution < -0.4 is 10.6 Å². The van der Waals surface area contributed by atoms with E-state index in [1.807, 2.05) is 6.92 Å². The average Bonchev–Trinajstić information content (AvgIpc) is 1.98. The molecule has 0 fully saturated rings. The van der Waals surface area contributed by atoms with E-state index in [9.17, 15) is 4.79 Å². The first-order chi connectivity index (χ1) is 5.66. The second-order valence-corrected chi connectivity index (χ2v) is 3.32. The van der Waals surface area contributed by atoms with Crippen molar-refractivity contribution in [3.63, 3.8) is 0 Å². The third-order valence-electron chi connectivity index (χ3n) is 1.58. The van der Waals surface area contributed by atoms with Gasteiger partial charge >= 0.3 is 6.03 Å². The summed E-state index contributed by atoms with van der Waals surface area (Å²) in [6, 6.07) is -0.0544. The summed E-state index contributed by atoms with van der Waals surface area (Å²) in [7, 11) is 0. The van der Waals surface area contributed by atoms with Crippen LogP contribution in [0.2, 0.25) is 0 Å². The van der Waals surface area contributed by atoms with Gasteiger partial charge in [0.2, 0.25) is 0 Å². The molecular weight excluding hydrogens is 152 g/mol. The molecule has 72 valence electrons. The van der Waals surface area contributed by atoms with Gasteiger partial charge in [0.15, 0.2) is 0 Å². The zero-order chi connectivity index (χ0) is 9.40. The summed E-state index contributed by atoms with van der Waals surface area (Å²) in [6.07, 6.45) is 2.24. The number of nitrogens with one attached hydrogen (secondary N) is 2. The number of urea groups is 1. The van der Waals surface area contributed by atoms with E-state index in [1.54, 1.807) is 0 Å². The zero-order valence-corrected chi connectivity index (χ0v) is 8.31. The van der Waals surface area contributed by atoms with Crippen LogP contribution in [0.25, 0.3) is 0 Å². The van der Waals surface area contributed by atoms with Crippen molar-refractivity contribution in [3.8, 4) is 0 Å². The molecule has 0 saturated heterocycles. The van der Waals surface area contributed by atoms with Gasteiger partial charge in [-0.3, -0.25) is 0 Å². The minimum Gasteiger partial charge on any atom is -0.338 e. The summed E-state index contributed by atoms with van der Waals surface area (Å²) < 4.78 is 0. The molecule has 0 bridgehead atoms. The van der Waals surface area contributed by atoms with Crippen molar-refractivity contribution >= 4 is 6.03 Å². The third kappa shape index (κ3) is 7.38. The Morgan fingerprint density at radius 3 is 2.50 bits per heavy atom. The van der Waals surface area contributed by atoms with Gasteiger partial charge in [-0.25, -0.2) is 4.79 Å². The fourth-order valence-electron chi connectivity index (χ4n) is 0.935. The first-order valence-electron chi connectivity index (χ1n) is 4.68. The first kappa shape index (κ1) is 11.3. The second-order valence-electron chi connectivity index (χ2n) is 3.32. The molecule has 12 heavy (non-hydrogen) atoms. The number of amides is 2. The van der Waals surface area contributed by atoms with Crippen LogP contribution in [-0.2, 0) is 0 Å². The molecule has 0 saturated carbocycles. The van der Waals surface area contributed by atoms with Gasteiger partial charge in [0, 0.05) is 13.1 Å². The fraction of sp³-hybridized carbons (Fsp3) is 0.889. The van der Waals surface area contributed by atoms with Gasteiger partial charge in [0.25, 0.3) is 0 Å². The number of hydrogen-bond donors (Lipinski definition) is 2. The van der Waals surface area contributed by atoms with Crippen molar-refractivity contribution in [2.24, 2.45) is 5.92 Å². The SMILES string of the molecule is CCNC(=O)NCCCC(C)C. The van der Waals surface area contributed by atoms with Crippen LogP contribution >= 0.6 is 0 Å². The van der Waals surface area contributed by atoms with E-state index in [2.05, 4.69) is 24.5 Å². The molecule has 0 aliphatic heterocycles.